The third-order valence-corrected chi connectivity index (χ3v) is 13.0. The van der Waals surface area contributed by atoms with Gasteiger partial charge in [-0.3, -0.25) is 34.2 Å². The van der Waals surface area contributed by atoms with Crippen LogP contribution < -0.4 is 21.1 Å². The SMILES string of the molecule is Nc1ncnc2c1c(-c1ccc(Oc3ccccc3)cc1)nn2C1CCCN(C(=O)CCCN2CCN(C(=O)CCCCNc3cccc4c3CN(C3CCC(=O)NC3=O)C4=O)CC2)C1. The summed E-state index contributed by atoms with van der Waals surface area (Å²) in [6.07, 6.45) is 6.91. The lowest BCUT2D eigenvalue weighted by Gasteiger charge is -2.35. The summed E-state index contributed by atoms with van der Waals surface area (Å²) in [5.74, 6) is 1.18. The second-order valence-electron chi connectivity index (χ2n) is 17.3. The highest BCUT2D eigenvalue weighted by Crippen LogP contribution is 2.36. The molecule has 6 heterocycles. The average Bonchev–Trinajstić information content (AvgIpc) is 3.89. The summed E-state index contributed by atoms with van der Waals surface area (Å²) in [7, 11) is 0. The number of carbonyl (C=O) groups is 5. The molecule has 17 nitrogen and oxygen atoms in total. The van der Waals surface area contributed by atoms with E-state index in [4.69, 9.17) is 15.6 Å². The van der Waals surface area contributed by atoms with Gasteiger partial charge in [-0.05, 0) is 93.6 Å². The number of amides is 5. The molecule has 0 bridgehead atoms. The van der Waals surface area contributed by atoms with Crippen molar-refractivity contribution in [2.45, 2.75) is 76.4 Å². The molecule has 9 rings (SSSR count). The van der Waals surface area contributed by atoms with Crippen LogP contribution in [0.4, 0.5) is 11.5 Å². The number of ether oxygens (including phenoxy) is 1. The second kappa shape index (κ2) is 19.5. The summed E-state index contributed by atoms with van der Waals surface area (Å²) in [4.78, 5) is 80.6. The molecule has 0 saturated carbocycles. The number of aromatic nitrogens is 4. The predicted molar refractivity (Wildman–Crippen MR) is 244 cm³/mol. The Morgan fingerprint density at radius 2 is 1.58 bits per heavy atom. The van der Waals surface area contributed by atoms with Gasteiger partial charge in [-0.2, -0.15) is 5.10 Å². The molecule has 4 N–H and O–H groups in total. The number of para-hydroxylation sites is 1. The van der Waals surface area contributed by atoms with Crippen LogP contribution in [0.15, 0.2) is 79.1 Å². The van der Waals surface area contributed by atoms with Crippen LogP contribution in [0.5, 0.6) is 11.5 Å². The molecule has 3 saturated heterocycles. The average molecular weight is 882 g/mol. The van der Waals surface area contributed by atoms with Crippen LogP contribution in [0.2, 0.25) is 0 Å². The number of fused-ring (bicyclic) bond motifs is 2. The number of anilines is 2. The lowest BCUT2D eigenvalue weighted by atomic mass is 10.0. The van der Waals surface area contributed by atoms with Crippen LogP contribution in [0, 0.1) is 0 Å². The quantitative estimate of drug-likeness (QED) is 0.0941. The Morgan fingerprint density at radius 1 is 0.815 bits per heavy atom. The molecule has 4 aliphatic rings. The van der Waals surface area contributed by atoms with Crippen molar-refractivity contribution >= 4 is 52.1 Å². The molecule has 0 aliphatic carbocycles. The van der Waals surface area contributed by atoms with Gasteiger partial charge in [0.1, 0.15) is 35.4 Å². The molecule has 2 atom stereocenters. The number of benzene rings is 3. The van der Waals surface area contributed by atoms with Crippen molar-refractivity contribution in [3.63, 3.8) is 0 Å². The van der Waals surface area contributed by atoms with Gasteiger partial charge < -0.3 is 30.5 Å². The lowest BCUT2D eigenvalue weighted by molar-refractivity contribution is -0.137. The van der Waals surface area contributed by atoms with Crippen LogP contribution in [0.1, 0.15) is 79.8 Å². The van der Waals surface area contributed by atoms with Crippen LogP contribution >= 0.6 is 0 Å². The monoisotopic (exact) mass is 881 g/mol. The number of rotatable bonds is 15. The van der Waals surface area contributed by atoms with Crippen LogP contribution in [0.25, 0.3) is 22.3 Å². The van der Waals surface area contributed by atoms with Crippen molar-refractivity contribution in [2.24, 2.45) is 0 Å². The van der Waals surface area contributed by atoms with Gasteiger partial charge in [-0.25, -0.2) is 14.6 Å². The van der Waals surface area contributed by atoms with Gasteiger partial charge in [-0.1, -0.05) is 24.3 Å². The summed E-state index contributed by atoms with van der Waals surface area (Å²) >= 11 is 0. The molecule has 0 spiro atoms. The number of nitrogens with two attached hydrogens (primary N) is 1. The lowest BCUT2D eigenvalue weighted by Crippen LogP contribution is -2.52. The number of unbranched alkanes of at least 4 members (excludes halogenated alkanes) is 1. The van der Waals surface area contributed by atoms with E-state index in [0.29, 0.717) is 92.4 Å². The van der Waals surface area contributed by atoms with E-state index in [2.05, 4.69) is 25.5 Å². The molecule has 4 aliphatic heterocycles. The predicted octanol–water partition coefficient (Wildman–Crippen LogP) is 5.00. The third-order valence-electron chi connectivity index (χ3n) is 13.0. The second-order valence-corrected chi connectivity index (χ2v) is 17.3. The number of carbonyl (C=O) groups excluding carboxylic acids is 5. The zero-order valence-electron chi connectivity index (χ0n) is 36.5. The molecular formula is C48H55N11O6. The van der Waals surface area contributed by atoms with Crippen LogP contribution in [-0.4, -0.2) is 127 Å². The highest BCUT2D eigenvalue weighted by Gasteiger charge is 2.40. The molecule has 2 unspecified atom stereocenters. The minimum atomic E-state index is -0.654. The number of piperazine rings is 1. The fraction of sp³-hybridized carbons (Fsp3) is 0.417. The molecule has 338 valence electrons. The maximum atomic E-state index is 13.6. The maximum absolute atomic E-state index is 13.6. The number of hydrogen-bond donors (Lipinski definition) is 3. The highest BCUT2D eigenvalue weighted by atomic mass is 16.5. The first-order chi connectivity index (χ1) is 31.7. The number of nitrogens with zero attached hydrogens (tertiary/aromatic N) is 8. The largest absolute Gasteiger partial charge is 0.457 e. The normalized spacial score (nSPS) is 19.1. The Labute approximate surface area is 377 Å². The third kappa shape index (κ3) is 9.65. The molecule has 17 heteroatoms. The summed E-state index contributed by atoms with van der Waals surface area (Å²) in [6.45, 7) is 5.92. The molecule has 0 radical (unpaired) electrons. The number of nitrogen functional groups attached to an aromatic ring is 1. The van der Waals surface area contributed by atoms with E-state index in [9.17, 15) is 24.0 Å². The number of piperidine rings is 2. The number of nitrogens with one attached hydrogen (secondary N) is 2. The van der Waals surface area contributed by atoms with E-state index in [1.54, 1.807) is 11.0 Å². The molecular weight excluding hydrogens is 827 g/mol. The zero-order chi connectivity index (χ0) is 44.9. The number of likely N-dealkylation sites (tertiary alicyclic amines) is 1. The molecule has 5 amide bonds. The minimum absolute atomic E-state index is 0.0581. The Hall–Kier alpha value is -6.88. The van der Waals surface area contributed by atoms with Crippen LogP contribution in [-0.2, 0) is 25.7 Å². The molecule has 5 aromatic rings. The Bertz CT molecular complexity index is 2560. The van der Waals surface area contributed by atoms with Gasteiger partial charge in [0.15, 0.2) is 5.65 Å². The van der Waals surface area contributed by atoms with Crippen molar-refractivity contribution in [1.29, 1.82) is 0 Å². The van der Waals surface area contributed by atoms with Gasteiger partial charge in [0, 0.05) is 94.0 Å². The maximum Gasteiger partial charge on any atom is 0.255 e. The van der Waals surface area contributed by atoms with Gasteiger partial charge in [0.2, 0.25) is 23.6 Å². The Balaban J connectivity index is 0.696. The van der Waals surface area contributed by atoms with Gasteiger partial charge in [0.05, 0.1) is 11.4 Å². The molecule has 2 aromatic heterocycles. The van der Waals surface area contributed by atoms with E-state index >= 15 is 0 Å². The van der Waals surface area contributed by atoms with Gasteiger partial charge in [0.25, 0.3) is 5.91 Å². The van der Waals surface area contributed by atoms with Gasteiger partial charge >= 0.3 is 0 Å². The number of hydrogen-bond acceptors (Lipinski definition) is 12. The summed E-state index contributed by atoms with van der Waals surface area (Å²) in [5.41, 5.74) is 10.9. The van der Waals surface area contributed by atoms with E-state index < -0.39 is 11.9 Å². The van der Waals surface area contributed by atoms with Gasteiger partial charge in [-0.15, -0.1) is 0 Å². The van der Waals surface area contributed by atoms with E-state index in [1.807, 2.05) is 81.2 Å². The first-order valence-corrected chi connectivity index (χ1v) is 22.8. The fourth-order valence-corrected chi connectivity index (χ4v) is 9.50. The fourth-order valence-electron chi connectivity index (χ4n) is 9.50. The highest BCUT2D eigenvalue weighted by molar-refractivity contribution is 6.06. The topological polar surface area (TPSA) is 201 Å². The first kappa shape index (κ1) is 43.4. The summed E-state index contributed by atoms with van der Waals surface area (Å²) in [6, 6.07) is 22.2. The standard InChI is InChI=1S/C48H55N11O6/c49-45-43-44(32-16-18-35(19-17-32)65-34-10-2-1-3-11-34)54-59(46(43)52-31-51-45)33-9-7-24-57(29-33)42(62)15-8-23-55-25-27-56(28-26-55)41(61)14-4-5-22-50-38-13-6-12-36-37(38)30-58(48(36)64)39-20-21-40(60)53-47(39)63/h1-3,6,10-13,16-19,31,33,39,50H,4-5,7-9,14-15,20-30H2,(H2,49,51,52)(H,53,60,63). The van der Waals surface area contributed by atoms with Crippen molar-refractivity contribution in [1.82, 2.24) is 44.7 Å². The molecule has 3 aromatic carbocycles. The number of imide groups is 1. The first-order valence-electron chi connectivity index (χ1n) is 22.8. The zero-order valence-corrected chi connectivity index (χ0v) is 36.5. The minimum Gasteiger partial charge on any atom is -0.457 e. The molecule has 3 fully saturated rings. The summed E-state index contributed by atoms with van der Waals surface area (Å²) < 4.78 is 7.92. The van der Waals surface area contributed by atoms with E-state index in [0.717, 1.165) is 74.3 Å². The summed E-state index contributed by atoms with van der Waals surface area (Å²) in [5, 5.41) is 11.5. The van der Waals surface area contributed by atoms with Crippen molar-refractivity contribution < 1.29 is 28.7 Å². The van der Waals surface area contributed by atoms with Crippen molar-refractivity contribution in [2.75, 3.05) is 63.4 Å². The van der Waals surface area contributed by atoms with E-state index in [-0.39, 0.29) is 36.1 Å². The Kier molecular flexibility index (Phi) is 13.0. The van der Waals surface area contributed by atoms with Crippen LogP contribution in [0.3, 0.4) is 0 Å². The van der Waals surface area contributed by atoms with Crippen molar-refractivity contribution in [3.05, 3.63) is 90.3 Å². The Morgan fingerprint density at radius 3 is 2.38 bits per heavy atom. The molecule has 65 heavy (non-hydrogen) atoms. The van der Waals surface area contributed by atoms with Crippen molar-refractivity contribution in [3.8, 4) is 22.8 Å². The van der Waals surface area contributed by atoms with E-state index in [1.165, 1.54) is 6.33 Å². The smallest absolute Gasteiger partial charge is 0.255 e.